The maximum absolute atomic E-state index is 12.3. The van der Waals surface area contributed by atoms with Gasteiger partial charge >= 0.3 is 0 Å². The summed E-state index contributed by atoms with van der Waals surface area (Å²) in [5.74, 6) is 0. The van der Waals surface area contributed by atoms with Crippen LogP contribution in [0, 0.1) is 0 Å². The molecule has 0 amide bonds. The zero-order valence-electron chi connectivity index (χ0n) is 10.4. The van der Waals surface area contributed by atoms with E-state index in [-0.39, 0.29) is 6.04 Å². The van der Waals surface area contributed by atoms with Crippen molar-refractivity contribution in [2.24, 2.45) is 0 Å². The van der Waals surface area contributed by atoms with Crippen molar-refractivity contribution in [2.75, 3.05) is 32.7 Å². The fraction of sp³-hybridized carbons (Fsp3) is 1.00. The van der Waals surface area contributed by atoms with E-state index in [4.69, 9.17) is 0 Å². The van der Waals surface area contributed by atoms with Gasteiger partial charge < -0.3 is 5.32 Å². The van der Waals surface area contributed by atoms with Gasteiger partial charge in [-0.3, -0.25) is 0 Å². The number of rotatable bonds is 7. The minimum absolute atomic E-state index is 0.144. The van der Waals surface area contributed by atoms with Gasteiger partial charge in [-0.25, -0.2) is 0 Å². The molecule has 1 N–H and O–H groups in total. The van der Waals surface area contributed by atoms with Crippen molar-refractivity contribution in [2.45, 2.75) is 33.2 Å². The van der Waals surface area contributed by atoms with Crippen LogP contribution in [0.15, 0.2) is 0 Å². The Bertz CT molecular complexity index is 297. The average Bonchev–Trinajstić information content (AvgIpc) is 2.16. The zero-order valence-corrected chi connectivity index (χ0v) is 11.3. The van der Waals surface area contributed by atoms with Crippen molar-refractivity contribution in [1.29, 1.82) is 0 Å². The Morgan fingerprint density at radius 3 is 2.06 bits per heavy atom. The highest BCUT2D eigenvalue weighted by Gasteiger charge is 2.35. The smallest absolute Gasteiger partial charge is 0.282 e. The van der Waals surface area contributed by atoms with Gasteiger partial charge in [0.1, 0.15) is 0 Å². The van der Waals surface area contributed by atoms with E-state index in [2.05, 4.69) is 5.32 Å². The summed E-state index contributed by atoms with van der Waals surface area (Å²) in [6.07, 6.45) is 0.858. The van der Waals surface area contributed by atoms with Gasteiger partial charge in [-0.15, -0.1) is 0 Å². The van der Waals surface area contributed by atoms with Gasteiger partial charge in [0.25, 0.3) is 10.2 Å². The van der Waals surface area contributed by atoms with E-state index in [0.29, 0.717) is 19.6 Å². The minimum Gasteiger partial charge on any atom is -0.313 e. The molecule has 1 heterocycles. The maximum atomic E-state index is 12.3. The lowest BCUT2D eigenvalue weighted by Crippen LogP contribution is -2.61. The van der Waals surface area contributed by atoms with Crippen molar-refractivity contribution in [3.05, 3.63) is 0 Å². The molecule has 0 aromatic rings. The van der Waals surface area contributed by atoms with E-state index in [1.807, 2.05) is 20.8 Å². The zero-order chi connectivity index (χ0) is 12.2. The van der Waals surface area contributed by atoms with Crippen LogP contribution >= 0.6 is 0 Å². The van der Waals surface area contributed by atoms with Crippen molar-refractivity contribution in [3.8, 4) is 0 Å². The van der Waals surface area contributed by atoms with Gasteiger partial charge in [-0.1, -0.05) is 20.8 Å². The average molecular weight is 249 g/mol. The molecule has 0 aliphatic carbocycles. The van der Waals surface area contributed by atoms with Crippen LogP contribution in [0.3, 0.4) is 0 Å². The van der Waals surface area contributed by atoms with Gasteiger partial charge in [0.2, 0.25) is 0 Å². The molecule has 0 spiro atoms. The molecule has 1 rings (SSSR count). The van der Waals surface area contributed by atoms with Crippen LogP contribution in [-0.4, -0.2) is 55.8 Å². The molecule has 6 heteroatoms. The molecule has 0 unspecified atom stereocenters. The Labute approximate surface area is 99.0 Å². The molecular formula is C10H23N3O2S. The first-order chi connectivity index (χ1) is 7.57. The molecule has 0 atom stereocenters. The van der Waals surface area contributed by atoms with E-state index >= 15 is 0 Å². The Morgan fingerprint density at radius 2 is 1.75 bits per heavy atom. The molecule has 16 heavy (non-hydrogen) atoms. The first kappa shape index (κ1) is 13.9. The fourth-order valence-corrected chi connectivity index (χ4v) is 3.77. The normalized spacial score (nSPS) is 18.1. The van der Waals surface area contributed by atoms with Crippen LogP contribution < -0.4 is 5.32 Å². The van der Waals surface area contributed by atoms with Gasteiger partial charge in [-0.2, -0.15) is 17.0 Å². The summed E-state index contributed by atoms with van der Waals surface area (Å²) < 4.78 is 27.9. The van der Waals surface area contributed by atoms with E-state index in [1.54, 1.807) is 4.31 Å². The third kappa shape index (κ3) is 2.74. The lowest BCUT2D eigenvalue weighted by Gasteiger charge is -2.39. The Hall–Kier alpha value is -0.170. The van der Waals surface area contributed by atoms with Crippen LogP contribution in [0.4, 0.5) is 0 Å². The second kappa shape index (κ2) is 5.95. The van der Waals surface area contributed by atoms with Crippen LogP contribution in [-0.2, 0) is 10.2 Å². The fourth-order valence-electron chi connectivity index (χ4n) is 1.88. The van der Waals surface area contributed by atoms with Crippen LogP contribution in [0.25, 0.3) is 0 Å². The van der Waals surface area contributed by atoms with Crippen LogP contribution in [0.5, 0.6) is 0 Å². The summed E-state index contributed by atoms with van der Waals surface area (Å²) in [4.78, 5) is 0. The minimum atomic E-state index is -3.26. The van der Waals surface area contributed by atoms with E-state index in [0.717, 1.165) is 19.5 Å². The molecule has 0 saturated carbocycles. The van der Waals surface area contributed by atoms with Gasteiger partial charge in [0.15, 0.2) is 0 Å². The molecule has 0 aromatic carbocycles. The SMILES string of the molecule is CCCN(C1CNC1)S(=O)(=O)N(CC)CC. The van der Waals surface area contributed by atoms with E-state index in [9.17, 15) is 8.42 Å². The second-order valence-corrected chi connectivity index (χ2v) is 5.90. The monoisotopic (exact) mass is 249 g/mol. The summed E-state index contributed by atoms with van der Waals surface area (Å²) in [5.41, 5.74) is 0. The highest BCUT2D eigenvalue weighted by atomic mass is 32.2. The Morgan fingerprint density at radius 1 is 1.19 bits per heavy atom. The third-order valence-electron chi connectivity index (χ3n) is 2.94. The highest BCUT2D eigenvalue weighted by Crippen LogP contribution is 2.15. The van der Waals surface area contributed by atoms with Crippen molar-refractivity contribution in [1.82, 2.24) is 13.9 Å². The lowest BCUT2D eigenvalue weighted by atomic mass is 10.2. The number of hydrogen-bond donors (Lipinski definition) is 1. The Kier molecular flexibility index (Phi) is 5.17. The summed E-state index contributed by atoms with van der Waals surface area (Å²) in [6, 6.07) is 0.144. The van der Waals surface area contributed by atoms with Gasteiger partial charge in [0.05, 0.1) is 6.04 Å². The number of nitrogens with zero attached hydrogens (tertiary/aromatic N) is 2. The van der Waals surface area contributed by atoms with E-state index in [1.165, 1.54) is 4.31 Å². The maximum Gasteiger partial charge on any atom is 0.282 e. The van der Waals surface area contributed by atoms with Crippen molar-refractivity contribution in [3.63, 3.8) is 0 Å². The summed E-state index contributed by atoms with van der Waals surface area (Å²) in [7, 11) is -3.26. The molecule has 0 radical (unpaired) electrons. The molecule has 0 bridgehead atoms. The summed E-state index contributed by atoms with van der Waals surface area (Å²) in [6.45, 7) is 9.02. The number of nitrogens with one attached hydrogen (secondary N) is 1. The molecule has 5 nitrogen and oxygen atoms in total. The predicted octanol–water partition coefficient (Wildman–Crippen LogP) is 0.257. The first-order valence-corrected chi connectivity index (χ1v) is 7.45. The summed E-state index contributed by atoms with van der Waals surface area (Å²) in [5, 5.41) is 3.12. The molecule has 1 aliphatic rings. The molecular weight excluding hydrogens is 226 g/mol. The quantitative estimate of drug-likeness (QED) is 0.704. The molecule has 1 aliphatic heterocycles. The third-order valence-corrected chi connectivity index (χ3v) is 5.18. The predicted molar refractivity (Wildman–Crippen MR) is 65.5 cm³/mol. The topological polar surface area (TPSA) is 52.7 Å². The second-order valence-electron chi connectivity index (χ2n) is 4.01. The van der Waals surface area contributed by atoms with Gasteiger partial charge in [-0.05, 0) is 6.42 Å². The largest absolute Gasteiger partial charge is 0.313 e. The van der Waals surface area contributed by atoms with Crippen molar-refractivity contribution >= 4 is 10.2 Å². The standard InChI is InChI=1S/C10H23N3O2S/c1-4-7-13(10-8-11-9-10)16(14,15)12(5-2)6-3/h10-11H,4-9H2,1-3H3. The molecule has 1 saturated heterocycles. The number of hydrogen-bond acceptors (Lipinski definition) is 3. The van der Waals surface area contributed by atoms with Gasteiger partial charge in [0, 0.05) is 32.7 Å². The van der Waals surface area contributed by atoms with Crippen molar-refractivity contribution < 1.29 is 8.42 Å². The summed E-state index contributed by atoms with van der Waals surface area (Å²) >= 11 is 0. The van der Waals surface area contributed by atoms with Crippen LogP contribution in [0.1, 0.15) is 27.2 Å². The molecule has 1 fully saturated rings. The van der Waals surface area contributed by atoms with E-state index < -0.39 is 10.2 Å². The first-order valence-electron chi connectivity index (χ1n) is 6.05. The molecule has 96 valence electrons. The molecule has 0 aromatic heterocycles. The Balaban J connectivity index is 2.82. The highest BCUT2D eigenvalue weighted by molar-refractivity contribution is 7.86. The van der Waals surface area contributed by atoms with Crippen LogP contribution in [0.2, 0.25) is 0 Å². The lowest BCUT2D eigenvalue weighted by molar-refractivity contribution is 0.225.